The molecule has 3 rings (SSSR count). The molecule has 0 unspecified atom stereocenters. The Bertz CT molecular complexity index is 1260. The van der Waals surface area contributed by atoms with Gasteiger partial charge in [0, 0.05) is 15.7 Å². The lowest BCUT2D eigenvalue weighted by Gasteiger charge is -2.23. The second-order valence-electron chi connectivity index (χ2n) is 8.16. The lowest BCUT2D eigenvalue weighted by atomic mass is 9.98. The lowest BCUT2D eigenvalue weighted by molar-refractivity contribution is -0.143. The molecular formula is C23H20BrF6N5O2S. The lowest BCUT2D eigenvalue weighted by Crippen LogP contribution is -2.49. The first kappa shape index (κ1) is 29.4. The molecule has 0 bridgehead atoms. The van der Waals surface area contributed by atoms with E-state index < -0.39 is 53.1 Å². The molecule has 0 saturated carbocycles. The zero-order valence-corrected chi connectivity index (χ0v) is 22.1. The van der Waals surface area contributed by atoms with Crippen LogP contribution in [-0.4, -0.2) is 28.2 Å². The Morgan fingerprint density at radius 2 is 1.53 bits per heavy atom. The number of amides is 3. The molecule has 2 aromatic carbocycles. The van der Waals surface area contributed by atoms with Crippen molar-refractivity contribution in [3.8, 4) is 10.6 Å². The van der Waals surface area contributed by atoms with Gasteiger partial charge in [-0.15, -0.1) is 10.2 Å². The molecule has 0 fully saturated rings. The smallest absolute Gasteiger partial charge is 0.326 e. The summed E-state index contributed by atoms with van der Waals surface area (Å²) < 4.78 is 79.6. The second-order valence-corrected chi connectivity index (χ2v) is 10.1. The van der Waals surface area contributed by atoms with Gasteiger partial charge in [-0.1, -0.05) is 59.7 Å². The minimum atomic E-state index is -5.08. The van der Waals surface area contributed by atoms with Gasteiger partial charge in [0.2, 0.25) is 11.0 Å². The van der Waals surface area contributed by atoms with Crippen LogP contribution in [0, 0.1) is 5.92 Å². The molecule has 0 radical (unpaired) electrons. The van der Waals surface area contributed by atoms with Crippen LogP contribution in [0.3, 0.4) is 0 Å². The fourth-order valence-corrected chi connectivity index (χ4v) is 4.22. The molecule has 2 atom stereocenters. The molecule has 1 heterocycles. The van der Waals surface area contributed by atoms with Gasteiger partial charge in [0.05, 0.1) is 11.1 Å². The number of urea groups is 1. The van der Waals surface area contributed by atoms with Crippen molar-refractivity contribution in [1.29, 1.82) is 0 Å². The van der Waals surface area contributed by atoms with E-state index in [-0.39, 0.29) is 11.2 Å². The highest BCUT2D eigenvalue weighted by atomic mass is 79.9. The van der Waals surface area contributed by atoms with Crippen molar-refractivity contribution in [1.82, 2.24) is 15.5 Å². The zero-order chi connectivity index (χ0) is 28.3. The maximum absolute atomic E-state index is 13.1. The number of halogens is 7. The van der Waals surface area contributed by atoms with Crippen LogP contribution in [-0.2, 0) is 17.1 Å². The topological polar surface area (TPSA) is 96.0 Å². The first-order chi connectivity index (χ1) is 17.7. The fraction of sp³-hybridized carbons (Fsp3) is 0.304. The zero-order valence-electron chi connectivity index (χ0n) is 19.7. The van der Waals surface area contributed by atoms with Gasteiger partial charge in [-0.3, -0.25) is 10.1 Å². The van der Waals surface area contributed by atoms with E-state index in [4.69, 9.17) is 0 Å². The van der Waals surface area contributed by atoms with Crippen LogP contribution in [0.25, 0.3) is 10.6 Å². The van der Waals surface area contributed by atoms with E-state index >= 15 is 0 Å². The van der Waals surface area contributed by atoms with E-state index in [1.807, 2.05) is 5.32 Å². The number of alkyl halides is 6. The van der Waals surface area contributed by atoms with Gasteiger partial charge >= 0.3 is 18.4 Å². The van der Waals surface area contributed by atoms with Crippen LogP contribution in [0.15, 0.2) is 46.9 Å². The molecule has 0 aliphatic heterocycles. The van der Waals surface area contributed by atoms with Crippen LogP contribution >= 0.6 is 27.3 Å². The molecule has 3 N–H and O–H groups in total. The normalized spacial score (nSPS) is 13.5. The van der Waals surface area contributed by atoms with Crippen molar-refractivity contribution in [3.63, 3.8) is 0 Å². The van der Waals surface area contributed by atoms with Crippen molar-refractivity contribution >= 4 is 50.0 Å². The molecule has 38 heavy (non-hydrogen) atoms. The highest BCUT2D eigenvalue weighted by Gasteiger charge is 2.37. The van der Waals surface area contributed by atoms with Crippen LogP contribution in [0.4, 0.5) is 42.0 Å². The summed E-state index contributed by atoms with van der Waals surface area (Å²) in [6.45, 7) is 3.38. The number of benzene rings is 2. The number of nitrogens with one attached hydrogen (secondary N) is 3. The van der Waals surface area contributed by atoms with Gasteiger partial charge in [-0.2, -0.15) is 26.3 Å². The Morgan fingerprint density at radius 1 is 0.947 bits per heavy atom. The van der Waals surface area contributed by atoms with Gasteiger partial charge in [0.15, 0.2) is 0 Å². The third kappa shape index (κ3) is 7.66. The van der Waals surface area contributed by atoms with Crippen molar-refractivity contribution in [2.24, 2.45) is 5.92 Å². The first-order valence-electron chi connectivity index (χ1n) is 10.9. The number of carbonyl (C=O) groups is 2. The molecule has 15 heteroatoms. The summed E-state index contributed by atoms with van der Waals surface area (Å²) >= 11 is 4.40. The molecule has 0 aliphatic rings. The number of anilines is 2. The summed E-state index contributed by atoms with van der Waals surface area (Å²) in [5, 5.41) is 15.4. The first-order valence-corrected chi connectivity index (χ1v) is 12.6. The maximum Gasteiger partial charge on any atom is 0.416 e. The Kier molecular flexibility index (Phi) is 9.02. The van der Waals surface area contributed by atoms with Gasteiger partial charge < -0.3 is 10.6 Å². The average molecular weight is 624 g/mol. The molecule has 0 saturated heterocycles. The number of hydrogen-bond donors (Lipinski definition) is 3. The number of nitrogens with zero attached hydrogens (tertiary/aromatic N) is 2. The fourth-order valence-electron chi connectivity index (χ4n) is 3.20. The van der Waals surface area contributed by atoms with Gasteiger partial charge in [0.1, 0.15) is 11.0 Å². The highest BCUT2D eigenvalue weighted by Crippen LogP contribution is 2.37. The van der Waals surface area contributed by atoms with E-state index in [0.29, 0.717) is 23.6 Å². The number of hydrogen-bond acceptors (Lipinski definition) is 5. The number of rotatable bonds is 7. The quantitative estimate of drug-likeness (QED) is 0.243. The van der Waals surface area contributed by atoms with Crippen molar-refractivity contribution in [2.45, 2.75) is 38.7 Å². The number of aromatic nitrogens is 2. The second kappa shape index (κ2) is 11.7. The summed E-state index contributed by atoms with van der Waals surface area (Å²) in [5.41, 5.74) is -3.16. The largest absolute Gasteiger partial charge is 0.416 e. The third-order valence-electron chi connectivity index (χ3n) is 5.37. The maximum atomic E-state index is 13.1. The Morgan fingerprint density at radius 3 is 2.05 bits per heavy atom. The summed E-state index contributed by atoms with van der Waals surface area (Å²) in [5.74, 6) is -1.14. The van der Waals surface area contributed by atoms with Crippen molar-refractivity contribution in [3.05, 3.63) is 58.1 Å². The van der Waals surface area contributed by atoms with E-state index in [1.54, 1.807) is 38.1 Å². The van der Waals surface area contributed by atoms with Crippen molar-refractivity contribution < 1.29 is 35.9 Å². The minimum Gasteiger partial charge on any atom is -0.326 e. The standard InChI is InChI=1S/C23H20BrF6N5O2S/c1-3-11(2)17(18(36)33-21-35-34-19(38-21)12-4-6-15(24)7-5-12)32-20(37)31-16-9-13(22(25,26)27)8-14(10-16)23(28,29)30/h4-11,17H,3H2,1-2H3,(H2,31,32,37)(H,33,35,36)/t11-,17-/m0/s1. The number of carbonyl (C=O) groups excluding carboxylic acids is 2. The molecule has 7 nitrogen and oxygen atoms in total. The predicted molar refractivity (Wildman–Crippen MR) is 134 cm³/mol. The van der Waals surface area contributed by atoms with Crippen LogP contribution in [0.5, 0.6) is 0 Å². The molecule has 0 spiro atoms. The third-order valence-corrected chi connectivity index (χ3v) is 6.79. The average Bonchev–Trinajstić information content (AvgIpc) is 3.29. The summed E-state index contributed by atoms with van der Waals surface area (Å²) in [6.07, 6.45) is -9.74. The van der Waals surface area contributed by atoms with Crippen LogP contribution in [0.2, 0.25) is 0 Å². The Labute approximate surface area is 225 Å². The molecule has 3 aromatic rings. The Balaban J connectivity index is 1.76. The Hall–Kier alpha value is -3.20. The van der Waals surface area contributed by atoms with Gasteiger partial charge in [-0.05, 0) is 36.2 Å². The summed E-state index contributed by atoms with van der Waals surface area (Å²) in [7, 11) is 0. The summed E-state index contributed by atoms with van der Waals surface area (Å²) in [6, 6.07) is 5.54. The van der Waals surface area contributed by atoms with E-state index in [0.717, 1.165) is 21.4 Å². The molecule has 204 valence electrons. The van der Waals surface area contributed by atoms with Crippen LogP contribution < -0.4 is 16.0 Å². The van der Waals surface area contributed by atoms with Gasteiger partial charge in [-0.25, -0.2) is 4.79 Å². The van der Waals surface area contributed by atoms with E-state index in [1.165, 1.54) is 0 Å². The monoisotopic (exact) mass is 623 g/mol. The highest BCUT2D eigenvalue weighted by molar-refractivity contribution is 9.10. The van der Waals surface area contributed by atoms with Gasteiger partial charge in [0.25, 0.3) is 0 Å². The summed E-state index contributed by atoms with van der Waals surface area (Å²) in [4.78, 5) is 25.5. The molecule has 0 aliphatic carbocycles. The van der Waals surface area contributed by atoms with E-state index in [2.05, 4.69) is 36.8 Å². The van der Waals surface area contributed by atoms with E-state index in [9.17, 15) is 35.9 Å². The van der Waals surface area contributed by atoms with Crippen molar-refractivity contribution in [2.75, 3.05) is 10.6 Å². The van der Waals surface area contributed by atoms with Crippen LogP contribution in [0.1, 0.15) is 31.4 Å². The molecule has 1 aromatic heterocycles. The SMILES string of the molecule is CC[C@H](C)[C@H](NC(=O)Nc1cc(C(F)(F)F)cc(C(F)(F)F)c1)C(=O)Nc1nnc(-c2ccc(Br)cc2)s1. The molecule has 3 amide bonds. The molecular weight excluding hydrogens is 604 g/mol. The predicted octanol–water partition coefficient (Wildman–Crippen LogP) is 7.18. The minimum absolute atomic E-state index is 0.0525.